The van der Waals surface area contributed by atoms with Gasteiger partial charge in [-0.15, -0.1) is 11.3 Å². The number of ketones is 1. The van der Waals surface area contributed by atoms with Crippen LogP contribution in [0.15, 0.2) is 64.5 Å². The molecule has 1 N–H and O–H groups in total. The number of thiophene rings is 1. The third-order valence-corrected chi connectivity index (χ3v) is 6.93. The van der Waals surface area contributed by atoms with E-state index in [1.165, 1.54) is 11.3 Å². The number of aliphatic hydroxyl groups is 1. The Labute approximate surface area is 185 Å². The van der Waals surface area contributed by atoms with Crippen molar-refractivity contribution in [3.63, 3.8) is 0 Å². The number of hydrogen-bond acceptors (Lipinski definition) is 4. The second-order valence-electron chi connectivity index (χ2n) is 6.92. The third-order valence-electron chi connectivity index (χ3n) is 5.03. The molecule has 2 heterocycles. The predicted molar refractivity (Wildman–Crippen MR) is 119 cm³/mol. The van der Waals surface area contributed by atoms with Crippen molar-refractivity contribution in [2.75, 3.05) is 11.4 Å². The van der Waals surface area contributed by atoms with Gasteiger partial charge in [-0.25, -0.2) is 0 Å². The van der Waals surface area contributed by atoms with E-state index in [4.69, 9.17) is 11.6 Å². The van der Waals surface area contributed by atoms with E-state index >= 15 is 0 Å². The Bertz CT molecular complexity index is 1080. The summed E-state index contributed by atoms with van der Waals surface area (Å²) in [6, 6.07) is 18.3. The molecule has 3 aromatic rings. The first kappa shape index (κ1) is 20.3. The van der Waals surface area contributed by atoms with Crippen LogP contribution in [0, 0.1) is 0 Å². The molecule has 1 aromatic heterocycles. The van der Waals surface area contributed by atoms with Crippen LogP contribution in [0.25, 0.3) is 0 Å². The van der Waals surface area contributed by atoms with Crippen LogP contribution < -0.4 is 4.90 Å². The highest BCUT2D eigenvalue weighted by Crippen LogP contribution is 2.44. The van der Waals surface area contributed by atoms with Crippen LogP contribution >= 0.6 is 38.9 Å². The number of carbonyl (C=O) groups is 2. The quantitative estimate of drug-likeness (QED) is 0.482. The van der Waals surface area contributed by atoms with Crippen LogP contribution in [-0.2, 0) is 16.8 Å². The molecule has 0 aliphatic carbocycles. The predicted octanol–water partition coefficient (Wildman–Crippen LogP) is 5.21. The molecule has 148 valence electrons. The van der Waals surface area contributed by atoms with Crippen LogP contribution in [0.2, 0.25) is 5.02 Å². The van der Waals surface area contributed by atoms with E-state index in [9.17, 15) is 14.7 Å². The molecule has 0 saturated heterocycles. The van der Waals surface area contributed by atoms with Gasteiger partial charge in [0.05, 0.1) is 20.8 Å². The largest absolute Gasteiger partial charge is 0.375 e. The number of Topliss-reactive ketones (excluding diaryl/α,β-unsaturated/α-hetero) is 1. The lowest BCUT2D eigenvalue weighted by molar-refractivity contribution is -0.135. The molecule has 1 aliphatic heterocycles. The first-order valence-corrected chi connectivity index (χ1v) is 11.0. The number of halogens is 2. The van der Waals surface area contributed by atoms with Crippen molar-refractivity contribution < 1.29 is 14.7 Å². The highest BCUT2D eigenvalue weighted by atomic mass is 79.9. The molecule has 1 amide bonds. The second-order valence-corrected chi connectivity index (χ2v) is 9.82. The normalized spacial score (nSPS) is 18.2. The van der Waals surface area contributed by atoms with Gasteiger partial charge < -0.3 is 10.0 Å². The number of fused-ring (bicyclic) bond motifs is 1. The molecule has 0 spiro atoms. The number of amides is 1. The van der Waals surface area contributed by atoms with Crippen molar-refractivity contribution in [1.82, 2.24) is 0 Å². The molecule has 0 fully saturated rings. The standard InChI is InChI=1S/C22H17BrClNO3S/c23-20-9-8-19(29-20)18(26)13-22(28)16-12-15(24)6-7-17(16)25(21(22)27)11-10-14-4-2-1-3-5-14/h1-9,12,28H,10-11,13H2/t22-/m0/s1. The molecule has 2 aromatic carbocycles. The summed E-state index contributed by atoms with van der Waals surface area (Å²) in [6.07, 6.45) is 0.310. The Morgan fingerprint density at radius 1 is 1.14 bits per heavy atom. The number of rotatable bonds is 6. The Morgan fingerprint density at radius 2 is 1.90 bits per heavy atom. The summed E-state index contributed by atoms with van der Waals surface area (Å²) in [5, 5.41) is 11.8. The fourth-order valence-corrected chi connectivity index (χ4v) is 5.08. The van der Waals surface area contributed by atoms with Crippen molar-refractivity contribution >= 4 is 56.2 Å². The minimum absolute atomic E-state index is 0.285. The van der Waals surface area contributed by atoms with Gasteiger partial charge in [-0.05, 0) is 58.2 Å². The number of carbonyl (C=O) groups excluding carboxylic acids is 2. The lowest BCUT2D eigenvalue weighted by Gasteiger charge is -2.22. The fourth-order valence-electron chi connectivity index (χ4n) is 3.58. The summed E-state index contributed by atoms with van der Waals surface area (Å²) >= 11 is 10.8. The summed E-state index contributed by atoms with van der Waals surface area (Å²) < 4.78 is 0.818. The molecule has 29 heavy (non-hydrogen) atoms. The van der Waals surface area contributed by atoms with E-state index in [0.29, 0.717) is 34.1 Å². The molecule has 4 nitrogen and oxygen atoms in total. The lowest BCUT2D eigenvalue weighted by atomic mass is 9.89. The van der Waals surface area contributed by atoms with Gasteiger partial charge in [-0.1, -0.05) is 41.9 Å². The van der Waals surface area contributed by atoms with Crippen molar-refractivity contribution in [3.8, 4) is 0 Å². The van der Waals surface area contributed by atoms with E-state index < -0.39 is 11.5 Å². The maximum Gasteiger partial charge on any atom is 0.264 e. The zero-order chi connectivity index (χ0) is 20.6. The molecular weight excluding hydrogens is 474 g/mol. The number of nitrogens with zero attached hydrogens (tertiary/aromatic N) is 1. The van der Waals surface area contributed by atoms with Gasteiger partial charge in [-0.2, -0.15) is 0 Å². The highest BCUT2D eigenvalue weighted by Gasteiger charge is 2.51. The van der Waals surface area contributed by atoms with Crippen LogP contribution in [0.3, 0.4) is 0 Å². The topological polar surface area (TPSA) is 57.6 Å². The molecule has 0 radical (unpaired) electrons. The van der Waals surface area contributed by atoms with Crippen molar-refractivity contribution in [3.05, 3.63) is 85.5 Å². The number of benzene rings is 2. The SMILES string of the molecule is O=C(C[C@@]1(O)C(=O)N(CCc2ccccc2)c2ccc(Cl)cc21)c1ccc(Br)s1. The summed E-state index contributed by atoms with van der Waals surface area (Å²) in [6.45, 7) is 0.401. The Hall–Kier alpha value is -1.99. The average Bonchev–Trinajstić information content (AvgIpc) is 3.23. The van der Waals surface area contributed by atoms with E-state index in [1.807, 2.05) is 30.3 Å². The minimum Gasteiger partial charge on any atom is -0.375 e. The summed E-state index contributed by atoms with van der Waals surface area (Å²) in [5.74, 6) is -0.776. The summed E-state index contributed by atoms with van der Waals surface area (Å²) in [4.78, 5) is 28.1. The van der Waals surface area contributed by atoms with Gasteiger partial charge >= 0.3 is 0 Å². The first-order valence-electron chi connectivity index (χ1n) is 9.05. The van der Waals surface area contributed by atoms with Gasteiger partial charge in [0.15, 0.2) is 11.4 Å². The second kappa shape index (κ2) is 8.03. The highest BCUT2D eigenvalue weighted by molar-refractivity contribution is 9.11. The van der Waals surface area contributed by atoms with E-state index in [-0.39, 0.29) is 12.2 Å². The average molecular weight is 491 g/mol. The zero-order valence-electron chi connectivity index (χ0n) is 15.3. The lowest BCUT2D eigenvalue weighted by Crippen LogP contribution is -2.42. The number of hydrogen-bond donors (Lipinski definition) is 1. The molecule has 1 aliphatic rings. The maximum absolute atomic E-state index is 13.3. The third kappa shape index (κ3) is 3.90. The molecule has 0 unspecified atom stereocenters. The summed E-state index contributed by atoms with van der Waals surface area (Å²) in [5.41, 5.74) is 0.139. The van der Waals surface area contributed by atoms with Crippen molar-refractivity contribution in [1.29, 1.82) is 0 Å². The van der Waals surface area contributed by atoms with Crippen LogP contribution in [-0.4, -0.2) is 23.3 Å². The molecule has 4 rings (SSSR count). The Balaban J connectivity index is 1.65. The Kier molecular flexibility index (Phi) is 5.62. The number of anilines is 1. The van der Waals surface area contributed by atoms with Gasteiger partial charge in [-0.3, -0.25) is 9.59 Å². The molecule has 7 heteroatoms. The van der Waals surface area contributed by atoms with Crippen LogP contribution in [0.4, 0.5) is 5.69 Å². The van der Waals surface area contributed by atoms with Gasteiger partial charge in [0.1, 0.15) is 0 Å². The summed E-state index contributed by atoms with van der Waals surface area (Å²) in [7, 11) is 0. The van der Waals surface area contributed by atoms with E-state index in [2.05, 4.69) is 15.9 Å². The van der Waals surface area contributed by atoms with Gasteiger partial charge in [0.25, 0.3) is 5.91 Å². The maximum atomic E-state index is 13.3. The smallest absolute Gasteiger partial charge is 0.264 e. The molecule has 0 bridgehead atoms. The molecular formula is C22H17BrClNO3S. The molecule has 0 saturated carbocycles. The monoisotopic (exact) mass is 489 g/mol. The van der Waals surface area contributed by atoms with Gasteiger partial charge in [0.2, 0.25) is 0 Å². The van der Waals surface area contributed by atoms with Crippen LogP contribution in [0.1, 0.15) is 27.2 Å². The Morgan fingerprint density at radius 3 is 2.59 bits per heavy atom. The minimum atomic E-state index is -1.93. The van der Waals surface area contributed by atoms with Crippen LogP contribution in [0.5, 0.6) is 0 Å². The van der Waals surface area contributed by atoms with Crippen molar-refractivity contribution in [2.45, 2.75) is 18.4 Å². The molecule has 1 atom stereocenters. The van der Waals surface area contributed by atoms with E-state index in [0.717, 1.165) is 9.35 Å². The zero-order valence-corrected chi connectivity index (χ0v) is 18.4. The van der Waals surface area contributed by atoms with Crippen molar-refractivity contribution in [2.24, 2.45) is 0 Å². The first-order chi connectivity index (χ1) is 13.9. The van der Waals surface area contributed by atoms with E-state index in [1.54, 1.807) is 35.2 Å². The fraction of sp³-hybridized carbons (Fsp3) is 0.182. The van der Waals surface area contributed by atoms with Gasteiger partial charge in [0, 0.05) is 17.1 Å².